The number of anilines is 3. The van der Waals surface area contributed by atoms with Gasteiger partial charge in [0.2, 0.25) is 11.8 Å². The highest BCUT2D eigenvalue weighted by atomic mass is 16.5. The molecule has 0 unspecified atom stereocenters. The summed E-state index contributed by atoms with van der Waals surface area (Å²) in [5.41, 5.74) is 3.91. The van der Waals surface area contributed by atoms with Crippen molar-refractivity contribution in [2.24, 2.45) is 0 Å². The third kappa shape index (κ3) is 7.58. The second-order valence-corrected chi connectivity index (χ2v) is 9.37. The van der Waals surface area contributed by atoms with Gasteiger partial charge in [-0.25, -0.2) is 0 Å². The fourth-order valence-electron chi connectivity index (χ4n) is 3.72. The fraction of sp³-hybridized carbons (Fsp3) is 0.462. The summed E-state index contributed by atoms with van der Waals surface area (Å²) in [6.45, 7) is 12.5. The lowest BCUT2D eigenvalue weighted by Crippen LogP contribution is -2.38. The summed E-state index contributed by atoms with van der Waals surface area (Å²) in [7, 11) is 0. The van der Waals surface area contributed by atoms with Gasteiger partial charge in [-0.3, -0.25) is 14.5 Å². The van der Waals surface area contributed by atoms with Gasteiger partial charge in [0.25, 0.3) is 0 Å². The van der Waals surface area contributed by atoms with Gasteiger partial charge in [0.05, 0.1) is 26.3 Å². The lowest BCUT2D eigenvalue weighted by molar-refractivity contribution is -0.119. The average Bonchev–Trinajstić information content (AvgIpc) is 2.79. The molecule has 1 saturated heterocycles. The highest BCUT2D eigenvalue weighted by Crippen LogP contribution is 2.23. The van der Waals surface area contributed by atoms with Gasteiger partial charge < -0.3 is 20.3 Å². The molecule has 2 amide bonds. The minimum atomic E-state index is -0.140. The summed E-state index contributed by atoms with van der Waals surface area (Å²) < 4.78 is 5.39. The van der Waals surface area contributed by atoms with E-state index in [1.54, 1.807) is 0 Å². The van der Waals surface area contributed by atoms with Crippen LogP contribution in [0.1, 0.15) is 33.3 Å². The van der Waals surface area contributed by atoms with Crippen molar-refractivity contribution in [3.05, 3.63) is 54.1 Å². The van der Waals surface area contributed by atoms with Crippen molar-refractivity contribution in [1.29, 1.82) is 0 Å². The highest BCUT2D eigenvalue weighted by molar-refractivity contribution is 5.94. The van der Waals surface area contributed by atoms with Crippen molar-refractivity contribution in [3.63, 3.8) is 0 Å². The van der Waals surface area contributed by atoms with Crippen LogP contribution in [0, 0.1) is 0 Å². The van der Waals surface area contributed by atoms with E-state index >= 15 is 0 Å². The van der Waals surface area contributed by atoms with Gasteiger partial charge in [-0.1, -0.05) is 39.8 Å². The number of hydrogen-bond acceptors (Lipinski definition) is 5. The summed E-state index contributed by atoms with van der Waals surface area (Å²) in [6.07, 6.45) is 0. The number of nitrogens with one attached hydrogen (secondary N) is 2. The number of rotatable bonds is 8. The molecule has 7 heteroatoms. The smallest absolute Gasteiger partial charge is 0.238 e. The Morgan fingerprint density at radius 2 is 1.36 bits per heavy atom. The van der Waals surface area contributed by atoms with Crippen LogP contribution >= 0.6 is 0 Å². The van der Waals surface area contributed by atoms with Crippen LogP contribution in [0.3, 0.4) is 0 Å². The Morgan fingerprint density at radius 1 is 0.879 bits per heavy atom. The number of amides is 2. The molecule has 0 aromatic heterocycles. The normalized spacial score (nSPS) is 14.3. The first-order chi connectivity index (χ1) is 15.7. The zero-order valence-corrected chi connectivity index (χ0v) is 20.2. The van der Waals surface area contributed by atoms with Gasteiger partial charge in [0.1, 0.15) is 0 Å². The minimum Gasteiger partial charge on any atom is -0.378 e. The zero-order chi connectivity index (χ0) is 23.8. The Kier molecular flexibility index (Phi) is 8.47. The van der Waals surface area contributed by atoms with Crippen molar-refractivity contribution >= 4 is 28.9 Å². The Bertz CT molecular complexity index is 914. The molecule has 2 aromatic rings. The molecule has 178 valence electrons. The predicted molar refractivity (Wildman–Crippen MR) is 134 cm³/mol. The molecule has 0 radical (unpaired) electrons. The van der Waals surface area contributed by atoms with E-state index in [9.17, 15) is 9.59 Å². The van der Waals surface area contributed by atoms with Crippen molar-refractivity contribution < 1.29 is 14.3 Å². The molecular weight excluding hydrogens is 416 g/mol. The van der Waals surface area contributed by atoms with Crippen molar-refractivity contribution in [2.45, 2.75) is 33.1 Å². The molecule has 3 rings (SSSR count). The number of benzene rings is 2. The maximum atomic E-state index is 12.5. The van der Waals surface area contributed by atoms with Crippen molar-refractivity contribution in [3.8, 4) is 0 Å². The number of morpholine rings is 1. The van der Waals surface area contributed by atoms with Crippen molar-refractivity contribution in [1.82, 2.24) is 4.90 Å². The molecule has 0 spiro atoms. The molecule has 0 saturated carbocycles. The summed E-state index contributed by atoms with van der Waals surface area (Å²) in [5, 5.41) is 5.84. The fourth-order valence-corrected chi connectivity index (χ4v) is 3.72. The standard InChI is InChI=1S/C26H36N4O3/c1-5-29(18-24(31)27-21-8-6-20(7-9-21)26(2,3)4)19-25(32)28-22-10-12-23(13-11-22)30-14-16-33-17-15-30/h6-13H,5,14-19H2,1-4H3,(H,27,31)(H,28,32). The molecule has 2 N–H and O–H groups in total. The maximum Gasteiger partial charge on any atom is 0.238 e. The Hall–Kier alpha value is -2.90. The third-order valence-corrected chi connectivity index (χ3v) is 5.74. The summed E-state index contributed by atoms with van der Waals surface area (Å²) in [5.74, 6) is -0.277. The van der Waals surface area contributed by atoms with Crippen LogP contribution in [0.4, 0.5) is 17.1 Å². The summed E-state index contributed by atoms with van der Waals surface area (Å²) in [4.78, 5) is 29.1. The van der Waals surface area contributed by atoms with Crippen LogP contribution in [-0.4, -0.2) is 62.7 Å². The van der Waals surface area contributed by atoms with Gasteiger partial charge in [-0.2, -0.15) is 0 Å². The Balaban J connectivity index is 1.47. The first-order valence-electron chi connectivity index (χ1n) is 11.6. The van der Waals surface area contributed by atoms with Crippen LogP contribution in [0.5, 0.6) is 0 Å². The van der Waals surface area contributed by atoms with E-state index in [4.69, 9.17) is 4.74 Å². The van der Waals surface area contributed by atoms with E-state index < -0.39 is 0 Å². The van der Waals surface area contributed by atoms with E-state index in [-0.39, 0.29) is 30.3 Å². The van der Waals surface area contributed by atoms with E-state index in [0.29, 0.717) is 6.54 Å². The molecule has 7 nitrogen and oxygen atoms in total. The zero-order valence-electron chi connectivity index (χ0n) is 20.2. The maximum absolute atomic E-state index is 12.5. The Morgan fingerprint density at radius 3 is 1.82 bits per heavy atom. The molecule has 1 aliphatic rings. The lowest BCUT2D eigenvalue weighted by atomic mass is 9.87. The van der Waals surface area contributed by atoms with Crippen LogP contribution in [0.2, 0.25) is 0 Å². The first kappa shape index (κ1) is 24.7. The molecular formula is C26H36N4O3. The third-order valence-electron chi connectivity index (χ3n) is 5.74. The molecule has 1 aliphatic heterocycles. The van der Waals surface area contributed by atoms with Gasteiger partial charge in [-0.15, -0.1) is 0 Å². The van der Waals surface area contributed by atoms with E-state index in [1.165, 1.54) is 5.56 Å². The number of likely N-dealkylation sites (N-methyl/N-ethyl adjacent to an activating group) is 1. The van der Waals surface area contributed by atoms with E-state index in [1.807, 2.05) is 60.4 Å². The van der Waals surface area contributed by atoms with E-state index in [2.05, 4.69) is 36.3 Å². The van der Waals surface area contributed by atoms with E-state index in [0.717, 1.165) is 43.4 Å². The van der Waals surface area contributed by atoms with Crippen LogP contribution in [0.25, 0.3) is 0 Å². The second-order valence-electron chi connectivity index (χ2n) is 9.37. The van der Waals surface area contributed by atoms with Gasteiger partial charge in [-0.05, 0) is 53.9 Å². The largest absolute Gasteiger partial charge is 0.378 e. The molecule has 0 bridgehead atoms. The molecule has 0 atom stereocenters. The number of carbonyl (C=O) groups excluding carboxylic acids is 2. The summed E-state index contributed by atoms with van der Waals surface area (Å²) in [6, 6.07) is 15.7. The second kappa shape index (κ2) is 11.3. The topological polar surface area (TPSA) is 73.9 Å². The van der Waals surface area contributed by atoms with Gasteiger partial charge in [0, 0.05) is 30.2 Å². The predicted octanol–water partition coefficient (Wildman–Crippen LogP) is 3.72. The highest BCUT2D eigenvalue weighted by Gasteiger charge is 2.16. The minimum absolute atomic E-state index is 0.0672. The van der Waals surface area contributed by atoms with Crippen LogP contribution in [0.15, 0.2) is 48.5 Å². The SMILES string of the molecule is CCN(CC(=O)Nc1ccc(N2CCOCC2)cc1)CC(=O)Nc1ccc(C(C)(C)C)cc1. The quantitative estimate of drug-likeness (QED) is 0.639. The van der Waals surface area contributed by atoms with Crippen LogP contribution in [-0.2, 0) is 19.7 Å². The molecule has 33 heavy (non-hydrogen) atoms. The van der Waals surface area contributed by atoms with Gasteiger partial charge >= 0.3 is 0 Å². The molecule has 1 heterocycles. The molecule has 1 fully saturated rings. The Labute approximate surface area is 197 Å². The first-order valence-corrected chi connectivity index (χ1v) is 11.6. The summed E-state index contributed by atoms with van der Waals surface area (Å²) >= 11 is 0. The lowest BCUT2D eigenvalue weighted by Gasteiger charge is -2.29. The van der Waals surface area contributed by atoms with Crippen LogP contribution < -0.4 is 15.5 Å². The molecule has 0 aliphatic carbocycles. The van der Waals surface area contributed by atoms with Gasteiger partial charge in [0.15, 0.2) is 0 Å². The number of ether oxygens (including phenoxy) is 1. The number of nitrogens with zero attached hydrogens (tertiary/aromatic N) is 2. The number of hydrogen-bond donors (Lipinski definition) is 2. The average molecular weight is 453 g/mol. The molecule has 2 aromatic carbocycles. The number of carbonyl (C=O) groups is 2. The van der Waals surface area contributed by atoms with Crippen molar-refractivity contribution in [2.75, 3.05) is 61.5 Å². The monoisotopic (exact) mass is 452 g/mol.